The lowest BCUT2D eigenvalue weighted by Crippen LogP contribution is -2.07. The van der Waals surface area contributed by atoms with Crippen molar-refractivity contribution in [3.8, 4) is 5.75 Å². The predicted octanol–water partition coefficient (Wildman–Crippen LogP) is 2.70. The normalized spacial score (nSPS) is 10.7. The van der Waals surface area contributed by atoms with E-state index in [1.165, 1.54) is 0 Å². The highest BCUT2D eigenvalue weighted by Crippen LogP contribution is 2.16. The van der Waals surface area contributed by atoms with Crippen LogP contribution in [0.25, 0.3) is 11.0 Å². The summed E-state index contributed by atoms with van der Waals surface area (Å²) in [6, 6.07) is 15.6. The van der Waals surface area contributed by atoms with Gasteiger partial charge in [0.15, 0.2) is 0 Å². The molecule has 0 aliphatic rings. The fourth-order valence-electron chi connectivity index (χ4n) is 2.04. The molecule has 4 nitrogen and oxygen atoms in total. The smallest absolute Gasteiger partial charge is 0.119 e. The summed E-state index contributed by atoms with van der Waals surface area (Å²) < 4.78 is 7.75. The van der Waals surface area contributed by atoms with Crippen LogP contribution in [0.5, 0.6) is 5.75 Å². The second kappa shape index (κ2) is 5.02. The van der Waals surface area contributed by atoms with E-state index in [0.717, 1.165) is 29.0 Å². The molecule has 2 aromatic carbocycles. The van der Waals surface area contributed by atoms with Crippen LogP contribution in [-0.2, 0) is 6.54 Å². The molecule has 3 aromatic rings. The van der Waals surface area contributed by atoms with Crippen molar-refractivity contribution in [2.45, 2.75) is 6.54 Å². The summed E-state index contributed by atoms with van der Waals surface area (Å²) in [7, 11) is 0. The highest BCUT2D eigenvalue weighted by atomic mass is 16.5. The first-order chi connectivity index (χ1) is 9.33. The Bertz CT molecular complexity index is 676. The Balaban J connectivity index is 1.69. The van der Waals surface area contributed by atoms with Gasteiger partial charge >= 0.3 is 0 Å². The van der Waals surface area contributed by atoms with Crippen molar-refractivity contribution >= 4 is 16.7 Å². The molecule has 96 valence electrons. The van der Waals surface area contributed by atoms with Gasteiger partial charge in [-0.1, -0.05) is 18.2 Å². The summed E-state index contributed by atoms with van der Waals surface area (Å²) in [4.78, 5) is 4.33. The topological polar surface area (TPSA) is 53.1 Å². The second-order valence-corrected chi connectivity index (χ2v) is 4.35. The number of fused-ring (bicyclic) bond motifs is 1. The third-order valence-corrected chi connectivity index (χ3v) is 2.99. The van der Waals surface area contributed by atoms with E-state index < -0.39 is 0 Å². The maximum absolute atomic E-state index is 5.74. The highest BCUT2D eigenvalue weighted by Gasteiger charge is 2.02. The van der Waals surface area contributed by atoms with Crippen molar-refractivity contribution in [1.29, 1.82) is 0 Å². The summed E-state index contributed by atoms with van der Waals surface area (Å²) in [6.07, 6.45) is 1.82. The first kappa shape index (κ1) is 11.6. The SMILES string of the molecule is Nc1ccc2c(c1)ncn2CCOc1ccccc1. The van der Waals surface area contributed by atoms with Gasteiger partial charge in [0.05, 0.1) is 23.9 Å². The first-order valence-corrected chi connectivity index (χ1v) is 6.21. The number of para-hydroxylation sites is 1. The number of ether oxygens (including phenoxy) is 1. The minimum absolute atomic E-state index is 0.611. The number of nitrogen functional groups attached to an aromatic ring is 1. The lowest BCUT2D eigenvalue weighted by Gasteiger charge is -2.07. The first-order valence-electron chi connectivity index (χ1n) is 6.21. The van der Waals surface area contributed by atoms with Crippen LogP contribution in [0.15, 0.2) is 54.9 Å². The molecule has 0 bridgehead atoms. The Morgan fingerprint density at radius 2 is 1.95 bits per heavy atom. The molecular formula is C15H15N3O. The number of aromatic nitrogens is 2. The monoisotopic (exact) mass is 253 g/mol. The van der Waals surface area contributed by atoms with Gasteiger partial charge in [0.1, 0.15) is 12.4 Å². The van der Waals surface area contributed by atoms with Crippen LogP contribution < -0.4 is 10.5 Å². The van der Waals surface area contributed by atoms with Crippen LogP contribution in [0.1, 0.15) is 0 Å². The van der Waals surface area contributed by atoms with Gasteiger partial charge < -0.3 is 15.0 Å². The molecule has 0 amide bonds. The molecule has 0 atom stereocenters. The lowest BCUT2D eigenvalue weighted by atomic mass is 10.3. The molecule has 0 fully saturated rings. The molecule has 4 heteroatoms. The van der Waals surface area contributed by atoms with Gasteiger partial charge in [-0.3, -0.25) is 0 Å². The van der Waals surface area contributed by atoms with Crippen LogP contribution in [0.3, 0.4) is 0 Å². The van der Waals surface area contributed by atoms with E-state index in [-0.39, 0.29) is 0 Å². The molecule has 0 saturated carbocycles. The number of nitrogens with two attached hydrogens (primary N) is 1. The molecule has 0 spiro atoms. The number of nitrogens with zero attached hydrogens (tertiary/aromatic N) is 2. The van der Waals surface area contributed by atoms with E-state index in [4.69, 9.17) is 10.5 Å². The van der Waals surface area contributed by atoms with Crippen LogP contribution in [0.2, 0.25) is 0 Å². The molecule has 0 unspecified atom stereocenters. The zero-order valence-electron chi connectivity index (χ0n) is 10.5. The van der Waals surface area contributed by atoms with Gasteiger partial charge in [-0.2, -0.15) is 0 Å². The fraction of sp³-hybridized carbons (Fsp3) is 0.133. The minimum Gasteiger partial charge on any atom is -0.492 e. The van der Waals surface area contributed by atoms with E-state index in [9.17, 15) is 0 Å². The molecule has 19 heavy (non-hydrogen) atoms. The molecule has 0 aliphatic carbocycles. The average molecular weight is 253 g/mol. The zero-order chi connectivity index (χ0) is 13.1. The van der Waals surface area contributed by atoms with Crippen molar-refractivity contribution in [2.24, 2.45) is 0 Å². The van der Waals surface area contributed by atoms with Crippen molar-refractivity contribution in [1.82, 2.24) is 9.55 Å². The van der Waals surface area contributed by atoms with Gasteiger partial charge in [-0.25, -0.2) is 4.98 Å². The van der Waals surface area contributed by atoms with Gasteiger partial charge in [0.2, 0.25) is 0 Å². The Labute approximate surface area is 111 Å². The summed E-state index contributed by atoms with van der Waals surface area (Å²) in [5.41, 5.74) is 8.46. The van der Waals surface area contributed by atoms with E-state index in [2.05, 4.69) is 9.55 Å². The van der Waals surface area contributed by atoms with Crippen LogP contribution in [0, 0.1) is 0 Å². The Hall–Kier alpha value is -2.49. The number of benzene rings is 2. The third kappa shape index (κ3) is 2.52. The molecule has 0 aliphatic heterocycles. The Kier molecular flexibility index (Phi) is 3.06. The van der Waals surface area contributed by atoms with Gasteiger partial charge in [-0.05, 0) is 30.3 Å². The fourth-order valence-corrected chi connectivity index (χ4v) is 2.04. The van der Waals surface area contributed by atoms with Crippen molar-refractivity contribution in [2.75, 3.05) is 12.3 Å². The summed E-state index contributed by atoms with van der Waals surface area (Å²) in [5.74, 6) is 0.885. The van der Waals surface area contributed by atoms with Gasteiger partial charge in [-0.15, -0.1) is 0 Å². The van der Waals surface area contributed by atoms with Crippen LogP contribution in [-0.4, -0.2) is 16.2 Å². The summed E-state index contributed by atoms with van der Waals surface area (Å²) >= 11 is 0. The molecule has 3 rings (SSSR count). The molecule has 0 radical (unpaired) electrons. The van der Waals surface area contributed by atoms with Crippen molar-refractivity contribution in [3.05, 3.63) is 54.9 Å². The Morgan fingerprint density at radius 3 is 2.79 bits per heavy atom. The maximum atomic E-state index is 5.74. The predicted molar refractivity (Wildman–Crippen MR) is 76.1 cm³/mol. The number of hydrogen-bond acceptors (Lipinski definition) is 3. The number of imidazole rings is 1. The van der Waals surface area contributed by atoms with Crippen molar-refractivity contribution in [3.63, 3.8) is 0 Å². The maximum Gasteiger partial charge on any atom is 0.119 e. The summed E-state index contributed by atoms with van der Waals surface area (Å²) in [6.45, 7) is 1.37. The molecule has 0 saturated heterocycles. The van der Waals surface area contributed by atoms with Crippen LogP contribution in [0.4, 0.5) is 5.69 Å². The van der Waals surface area contributed by atoms with Gasteiger partial charge in [0.25, 0.3) is 0 Å². The molecule has 1 aromatic heterocycles. The number of rotatable bonds is 4. The van der Waals surface area contributed by atoms with E-state index in [1.54, 1.807) is 0 Å². The number of hydrogen-bond donors (Lipinski definition) is 1. The number of anilines is 1. The van der Waals surface area contributed by atoms with E-state index in [1.807, 2.05) is 54.9 Å². The standard InChI is InChI=1S/C15H15N3O/c16-12-6-7-15-14(10-12)17-11-18(15)8-9-19-13-4-2-1-3-5-13/h1-7,10-11H,8-9,16H2. The molecule has 1 heterocycles. The van der Waals surface area contributed by atoms with E-state index in [0.29, 0.717) is 6.61 Å². The minimum atomic E-state index is 0.611. The quantitative estimate of drug-likeness (QED) is 0.727. The highest BCUT2D eigenvalue weighted by molar-refractivity contribution is 5.78. The van der Waals surface area contributed by atoms with E-state index >= 15 is 0 Å². The van der Waals surface area contributed by atoms with Crippen molar-refractivity contribution < 1.29 is 4.74 Å². The van der Waals surface area contributed by atoms with Crippen LogP contribution >= 0.6 is 0 Å². The third-order valence-electron chi connectivity index (χ3n) is 2.99. The molecular weight excluding hydrogens is 238 g/mol. The Morgan fingerprint density at radius 1 is 1.11 bits per heavy atom. The zero-order valence-corrected chi connectivity index (χ0v) is 10.5. The van der Waals surface area contributed by atoms with Gasteiger partial charge in [0, 0.05) is 5.69 Å². The molecule has 2 N–H and O–H groups in total. The largest absolute Gasteiger partial charge is 0.492 e. The second-order valence-electron chi connectivity index (χ2n) is 4.35. The lowest BCUT2D eigenvalue weighted by molar-refractivity contribution is 0.300. The average Bonchev–Trinajstić information content (AvgIpc) is 2.82. The summed E-state index contributed by atoms with van der Waals surface area (Å²) in [5, 5.41) is 0.